The summed E-state index contributed by atoms with van der Waals surface area (Å²) in [4.78, 5) is 0. The van der Waals surface area contributed by atoms with Crippen molar-refractivity contribution in [3.63, 3.8) is 0 Å². The topological polar surface area (TPSA) is 13.1 Å². The second-order valence-electron chi connectivity index (χ2n) is 12.1. The number of fused-ring (bicyclic) bond motifs is 6. The fraction of sp³-hybridized carbons (Fsp3) is 0.0400. The molecule has 1 heteroatoms. The highest BCUT2D eigenvalue weighted by Gasteiger charge is 2.18. The SMILES string of the molecule is [2H]c1c([2H])c([2H])c(Cc2c3c([2H])c([2H])c([2H])c([2H])c3c(Cc3c([2H])c([2H])c4c([2H])c(-c5cccc6oc7cccc(-c8ccccc8)c7c56)c([2H])c([2H])c4c3[2H])c3c([2H])c([2H])c([2H])c([2H])c23)c([2H])c1[2H]. The van der Waals surface area contributed by atoms with Crippen LogP contribution in [0.1, 0.15) is 48.3 Å². The first kappa shape index (κ1) is 16.1. The van der Waals surface area contributed by atoms with Crippen molar-refractivity contribution in [1.29, 1.82) is 0 Å². The Hall–Kier alpha value is -6.44. The van der Waals surface area contributed by atoms with Crippen molar-refractivity contribution in [2.45, 2.75) is 12.8 Å². The lowest BCUT2D eigenvalue weighted by molar-refractivity contribution is 0.669. The zero-order chi connectivity index (χ0) is 50.3. The van der Waals surface area contributed by atoms with Crippen molar-refractivity contribution < 1.29 is 30.5 Å². The fourth-order valence-electron chi connectivity index (χ4n) is 6.92. The van der Waals surface area contributed by atoms with Crippen LogP contribution >= 0.6 is 0 Å². The minimum absolute atomic E-state index is 0.0487. The molecule has 0 atom stereocenters. The van der Waals surface area contributed by atoms with E-state index in [0.29, 0.717) is 27.5 Å². The minimum Gasteiger partial charge on any atom is -0.456 e. The van der Waals surface area contributed by atoms with Crippen molar-refractivity contribution in [2.24, 2.45) is 0 Å². The van der Waals surface area contributed by atoms with Gasteiger partial charge in [-0.2, -0.15) is 0 Å². The lowest BCUT2D eigenvalue weighted by Crippen LogP contribution is -1.98. The van der Waals surface area contributed by atoms with Crippen LogP contribution < -0.4 is 0 Å². The molecule has 10 aromatic rings. The zero-order valence-electron chi connectivity index (χ0n) is 45.7. The molecule has 0 spiro atoms. The fourth-order valence-corrected chi connectivity index (χ4v) is 6.92. The normalized spacial score (nSPS) is 16.9. The Morgan fingerprint density at radius 2 is 0.941 bits per heavy atom. The Labute approximate surface area is 323 Å². The Balaban J connectivity index is 1.27. The summed E-state index contributed by atoms with van der Waals surface area (Å²) in [6, 6.07) is 7.87. The second-order valence-corrected chi connectivity index (χ2v) is 12.1. The molecule has 1 heterocycles. The van der Waals surface area contributed by atoms with Gasteiger partial charge in [-0.25, -0.2) is 0 Å². The molecule has 1 aromatic heterocycles. The minimum atomic E-state index is -0.750. The van der Waals surface area contributed by atoms with Gasteiger partial charge in [-0.05, 0) is 108 Å². The van der Waals surface area contributed by atoms with Gasteiger partial charge in [0.05, 0.1) is 26.0 Å². The average molecular weight is 670 g/mol. The molecule has 51 heavy (non-hydrogen) atoms. The van der Waals surface area contributed by atoms with Crippen LogP contribution in [0.4, 0.5) is 0 Å². The first-order valence-electron chi connectivity index (χ1n) is 25.7. The third-order valence-electron chi connectivity index (χ3n) is 9.14. The van der Waals surface area contributed by atoms with Crippen molar-refractivity contribution in [1.82, 2.24) is 0 Å². The van der Waals surface area contributed by atoms with Crippen LogP contribution in [-0.2, 0) is 12.8 Å². The lowest BCUT2D eigenvalue weighted by Gasteiger charge is -2.17. The van der Waals surface area contributed by atoms with Gasteiger partial charge in [0.1, 0.15) is 11.2 Å². The number of hydrogen-bond acceptors (Lipinski definition) is 1. The maximum Gasteiger partial charge on any atom is 0.136 e. The summed E-state index contributed by atoms with van der Waals surface area (Å²) in [6.45, 7) is 0. The Bertz CT molecular complexity index is 3880. The Morgan fingerprint density at radius 1 is 0.412 bits per heavy atom. The van der Waals surface area contributed by atoms with Gasteiger partial charge in [-0.15, -0.1) is 0 Å². The molecule has 10 rings (SSSR count). The third kappa shape index (κ3) is 5.09. The molecule has 0 aliphatic heterocycles. The highest BCUT2D eigenvalue weighted by Crippen LogP contribution is 2.42. The largest absolute Gasteiger partial charge is 0.456 e. The van der Waals surface area contributed by atoms with E-state index in [1.165, 1.54) is 0 Å². The molecule has 0 radical (unpaired) electrons. The molecule has 0 fully saturated rings. The molecule has 240 valence electrons. The molecule has 0 saturated heterocycles. The average Bonchev–Trinajstić information content (AvgIpc) is 3.75. The number of benzene rings is 9. The quantitative estimate of drug-likeness (QED) is 0.161. The summed E-state index contributed by atoms with van der Waals surface area (Å²) in [5, 5.41) is -0.622. The monoisotopic (exact) mass is 669 g/mol. The van der Waals surface area contributed by atoms with E-state index < -0.39 is 128 Å². The Morgan fingerprint density at radius 3 is 1.57 bits per heavy atom. The Kier molecular flexibility index (Phi) is 3.83. The van der Waals surface area contributed by atoms with E-state index in [2.05, 4.69) is 0 Å². The van der Waals surface area contributed by atoms with E-state index in [0.717, 1.165) is 11.1 Å². The molecule has 0 unspecified atom stereocenters. The number of rotatable bonds is 6. The third-order valence-corrected chi connectivity index (χ3v) is 9.14. The van der Waals surface area contributed by atoms with Crippen LogP contribution in [-0.4, -0.2) is 0 Å². The van der Waals surface area contributed by atoms with Gasteiger partial charge in [0.25, 0.3) is 0 Å². The van der Waals surface area contributed by atoms with Crippen LogP contribution in [0, 0.1) is 0 Å². The van der Waals surface area contributed by atoms with Gasteiger partial charge in [-0.1, -0.05) is 163 Å². The molecular formula is C50H34O. The first-order chi connectivity index (χ1) is 33.2. The standard InChI is InChI=1S/C50H34O/c1-3-13-33(14-4-1)30-45-41-17-7-9-19-43(41)46(44-20-10-8-18-42(44)45)31-34-25-26-37-32-38(28-27-36(37)29-34)40-22-12-24-48-50(40)49-39(21-11-23-47(49)51-48)35-15-5-2-6-16-35/h1-29,32H,30-31H2/i1D,3D,4D,7D,8D,9D,10D,13D,14D,17D,18D,19D,20D,25D,26D,27D,28D,29D,32D. The van der Waals surface area contributed by atoms with E-state index in [1.807, 2.05) is 42.5 Å². The van der Waals surface area contributed by atoms with Crippen molar-refractivity contribution in [2.75, 3.05) is 0 Å². The van der Waals surface area contributed by atoms with Crippen LogP contribution in [0.5, 0.6) is 0 Å². The van der Waals surface area contributed by atoms with Crippen LogP contribution in [0.2, 0.25) is 0 Å². The summed E-state index contributed by atoms with van der Waals surface area (Å²) in [5.41, 5.74) is 1.90. The van der Waals surface area contributed by atoms with Gasteiger partial charge in [0, 0.05) is 10.8 Å². The summed E-state index contributed by atoms with van der Waals surface area (Å²) in [7, 11) is 0. The highest BCUT2D eigenvalue weighted by molar-refractivity contribution is 6.18. The molecule has 0 aliphatic carbocycles. The predicted octanol–water partition coefficient (Wildman–Crippen LogP) is 13.6. The summed E-state index contributed by atoms with van der Waals surface area (Å²) in [6.07, 6.45) is -1.33. The first-order valence-corrected chi connectivity index (χ1v) is 16.2. The molecule has 0 bridgehead atoms. The zero-order valence-corrected chi connectivity index (χ0v) is 26.7. The number of hydrogen-bond donors (Lipinski definition) is 0. The molecule has 1 nitrogen and oxygen atoms in total. The summed E-state index contributed by atoms with van der Waals surface area (Å²) in [5.74, 6) is 0. The molecular weight excluding hydrogens is 617 g/mol. The second kappa shape index (κ2) is 12.2. The molecule has 0 aliphatic rings. The molecule has 0 N–H and O–H groups in total. The lowest BCUT2D eigenvalue weighted by atomic mass is 9.86. The molecule has 0 amide bonds. The molecule has 9 aromatic carbocycles. The van der Waals surface area contributed by atoms with E-state index in [1.54, 1.807) is 24.3 Å². The van der Waals surface area contributed by atoms with Crippen molar-refractivity contribution in [3.8, 4) is 22.3 Å². The van der Waals surface area contributed by atoms with E-state index in [4.69, 9.17) is 16.8 Å². The van der Waals surface area contributed by atoms with E-state index in [9.17, 15) is 13.7 Å². The van der Waals surface area contributed by atoms with Crippen LogP contribution in [0.25, 0.3) is 76.5 Å². The van der Waals surface area contributed by atoms with Gasteiger partial charge < -0.3 is 4.42 Å². The molecule has 0 saturated carbocycles. The highest BCUT2D eigenvalue weighted by atomic mass is 16.3. The van der Waals surface area contributed by atoms with Gasteiger partial charge in [0.15, 0.2) is 0 Å². The predicted molar refractivity (Wildman–Crippen MR) is 216 cm³/mol. The maximum absolute atomic E-state index is 9.64. The number of furan rings is 1. The van der Waals surface area contributed by atoms with Crippen LogP contribution in [0.3, 0.4) is 0 Å². The van der Waals surface area contributed by atoms with E-state index >= 15 is 0 Å². The van der Waals surface area contributed by atoms with Gasteiger partial charge in [-0.3, -0.25) is 0 Å². The smallest absolute Gasteiger partial charge is 0.136 e. The van der Waals surface area contributed by atoms with Crippen molar-refractivity contribution in [3.05, 3.63) is 204 Å². The van der Waals surface area contributed by atoms with Crippen LogP contribution in [0.15, 0.2) is 186 Å². The summed E-state index contributed by atoms with van der Waals surface area (Å²) >= 11 is 0. The summed E-state index contributed by atoms with van der Waals surface area (Å²) < 4.78 is 177. The van der Waals surface area contributed by atoms with Gasteiger partial charge in [0.2, 0.25) is 0 Å². The van der Waals surface area contributed by atoms with Crippen molar-refractivity contribution >= 4 is 54.3 Å². The maximum atomic E-state index is 9.64. The van der Waals surface area contributed by atoms with E-state index in [-0.39, 0.29) is 60.1 Å². The van der Waals surface area contributed by atoms with Gasteiger partial charge >= 0.3 is 0 Å².